The molecule has 0 bridgehead atoms. The Morgan fingerprint density at radius 1 is 1.21 bits per heavy atom. The van der Waals surface area contributed by atoms with Crippen molar-refractivity contribution < 1.29 is 16.8 Å². The Hall–Kier alpha value is -0.180. The molecule has 1 saturated heterocycles. The molecule has 0 aromatic heterocycles. The van der Waals surface area contributed by atoms with Crippen molar-refractivity contribution in [1.82, 2.24) is 10.0 Å². The van der Waals surface area contributed by atoms with Gasteiger partial charge in [0, 0.05) is 12.1 Å². The van der Waals surface area contributed by atoms with E-state index in [2.05, 4.69) is 10.0 Å². The van der Waals surface area contributed by atoms with Crippen molar-refractivity contribution in [2.45, 2.75) is 45.2 Å². The molecular weight excluding hydrogens is 288 g/mol. The summed E-state index contributed by atoms with van der Waals surface area (Å²) in [5.41, 5.74) is 0. The standard InChI is InChI=1S/C11H24N2O4S2/c1-10(2)12-6-3-7-19(16,17)13-11-4-8-18(14,15)9-5-11/h10-13H,3-9H2,1-2H3. The van der Waals surface area contributed by atoms with E-state index in [4.69, 9.17) is 0 Å². The summed E-state index contributed by atoms with van der Waals surface area (Å²) < 4.78 is 48.7. The van der Waals surface area contributed by atoms with Gasteiger partial charge in [-0.2, -0.15) is 0 Å². The molecule has 0 unspecified atom stereocenters. The zero-order valence-electron chi connectivity index (χ0n) is 11.6. The van der Waals surface area contributed by atoms with Gasteiger partial charge in [0.25, 0.3) is 0 Å². The average molecular weight is 312 g/mol. The van der Waals surface area contributed by atoms with Crippen LogP contribution in [0.5, 0.6) is 0 Å². The van der Waals surface area contributed by atoms with Gasteiger partial charge in [-0.15, -0.1) is 0 Å². The van der Waals surface area contributed by atoms with Crippen LogP contribution < -0.4 is 10.0 Å². The van der Waals surface area contributed by atoms with Crippen molar-refractivity contribution in [3.05, 3.63) is 0 Å². The fraction of sp³-hybridized carbons (Fsp3) is 1.00. The lowest BCUT2D eigenvalue weighted by Crippen LogP contribution is -2.42. The first-order chi connectivity index (χ1) is 8.70. The van der Waals surface area contributed by atoms with Crippen LogP contribution in [0.4, 0.5) is 0 Å². The minimum absolute atomic E-state index is 0.0785. The van der Waals surface area contributed by atoms with Gasteiger partial charge in [0.05, 0.1) is 17.3 Å². The summed E-state index contributed by atoms with van der Waals surface area (Å²) in [6, 6.07) is 0.116. The Bertz CT molecular complexity index is 457. The quantitative estimate of drug-likeness (QED) is 0.639. The molecule has 0 amide bonds. The average Bonchev–Trinajstić information content (AvgIpc) is 2.27. The largest absolute Gasteiger partial charge is 0.314 e. The maximum Gasteiger partial charge on any atom is 0.211 e. The zero-order valence-corrected chi connectivity index (χ0v) is 13.2. The first-order valence-electron chi connectivity index (χ1n) is 6.64. The molecule has 6 nitrogen and oxygen atoms in total. The molecule has 1 rings (SSSR count). The smallest absolute Gasteiger partial charge is 0.211 e. The molecule has 1 aliphatic heterocycles. The summed E-state index contributed by atoms with van der Waals surface area (Å²) in [6.45, 7) is 4.68. The Labute approximate surface area is 116 Å². The van der Waals surface area contributed by atoms with Crippen LogP contribution in [-0.4, -0.2) is 52.7 Å². The number of hydrogen-bond donors (Lipinski definition) is 2. The number of nitrogens with one attached hydrogen (secondary N) is 2. The molecular formula is C11H24N2O4S2. The monoisotopic (exact) mass is 312 g/mol. The van der Waals surface area contributed by atoms with E-state index >= 15 is 0 Å². The van der Waals surface area contributed by atoms with Crippen molar-refractivity contribution in [2.24, 2.45) is 0 Å². The minimum atomic E-state index is -3.30. The molecule has 114 valence electrons. The van der Waals surface area contributed by atoms with Crippen LogP contribution in [0.15, 0.2) is 0 Å². The lowest BCUT2D eigenvalue weighted by Gasteiger charge is -2.22. The number of sulfonamides is 1. The van der Waals surface area contributed by atoms with E-state index in [9.17, 15) is 16.8 Å². The number of sulfone groups is 1. The highest BCUT2D eigenvalue weighted by atomic mass is 32.2. The van der Waals surface area contributed by atoms with Gasteiger partial charge in [-0.3, -0.25) is 0 Å². The fourth-order valence-corrected chi connectivity index (χ4v) is 4.85. The van der Waals surface area contributed by atoms with Crippen LogP contribution >= 0.6 is 0 Å². The van der Waals surface area contributed by atoms with E-state index in [1.807, 2.05) is 13.8 Å². The van der Waals surface area contributed by atoms with E-state index in [1.54, 1.807) is 0 Å². The second-order valence-electron chi connectivity index (χ2n) is 5.33. The van der Waals surface area contributed by atoms with E-state index < -0.39 is 19.9 Å². The molecule has 0 saturated carbocycles. The van der Waals surface area contributed by atoms with E-state index in [0.717, 1.165) is 0 Å². The summed E-state index contributed by atoms with van der Waals surface area (Å²) in [7, 11) is -6.25. The molecule has 2 N–H and O–H groups in total. The Morgan fingerprint density at radius 2 is 1.79 bits per heavy atom. The molecule has 1 heterocycles. The second kappa shape index (κ2) is 7.01. The van der Waals surface area contributed by atoms with Crippen LogP contribution in [0.2, 0.25) is 0 Å². The molecule has 1 aliphatic rings. The Morgan fingerprint density at radius 3 is 2.32 bits per heavy atom. The third-order valence-corrected chi connectivity index (χ3v) is 6.28. The maximum absolute atomic E-state index is 11.8. The Kier molecular flexibility index (Phi) is 6.22. The summed E-state index contributed by atoms with van der Waals surface area (Å²) in [4.78, 5) is 0. The van der Waals surface area contributed by atoms with Gasteiger partial charge in [0.15, 0.2) is 0 Å². The van der Waals surface area contributed by atoms with Crippen molar-refractivity contribution in [3.8, 4) is 0 Å². The molecule has 0 atom stereocenters. The minimum Gasteiger partial charge on any atom is -0.314 e. The lowest BCUT2D eigenvalue weighted by molar-refractivity contribution is 0.502. The third-order valence-electron chi connectivity index (χ3n) is 3.04. The first-order valence-corrected chi connectivity index (χ1v) is 10.1. The number of hydrogen-bond acceptors (Lipinski definition) is 5. The van der Waals surface area contributed by atoms with E-state index in [0.29, 0.717) is 31.8 Å². The molecule has 0 radical (unpaired) electrons. The predicted octanol–water partition coefficient (Wildman–Crippen LogP) is -0.129. The molecule has 0 spiro atoms. The molecule has 0 aromatic rings. The summed E-state index contributed by atoms with van der Waals surface area (Å²) in [5.74, 6) is 0.236. The third kappa shape index (κ3) is 7.24. The summed E-state index contributed by atoms with van der Waals surface area (Å²) in [5, 5.41) is 3.16. The highest BCUT2D eigenvalue weighted by Gasteiger charge is 2.26. The molecule has 0 aliphatic carbocycles. The van der Waals surface area contributed by atoms with Gasteiger partial charge >= 0.3 is 0 Å². The highest BCUT2D eigenvalue weighted by Crippen LogP contribution is 2.13. The number of rotatable bonds is 7. The van der Waals surface area contributed by atoms with Crippen LogP contribution in [0.25, 0.3) is 0 Å². The van der Waals surface area contributed by atoms with Crippen LogP contribution in [0.3, 0.4) is 0 Å². The SMILES string of the molecule is CC(C)NCCCS(=O)(=O)NC1CCS(=O)(=O)CC1. The highest BCUT2D eigenvalue weighted by molar-refractivity contribution is 7.91. The summed E-state index contributed by atoms with van der Waals surface area (Å²) in [6.07, 6.45) is 1.32. The molecule has 19 heavy (non-hydrogen) atoms. The topological polar surface area (TPSA) is 92.3 Å². The normalized spacial score (nSPS) is 20.8. The zero-order chi connectivity index (χ0) is 14.5. The van der Waals surface area contributed by atoms with Crippen LogP contribution in [-0.2, 0) is 19.9 Å². The summed E-state index contributed by atoms with van der Waals surface area (Å²) >= 11 is 0. The van der Waals surface area contributed by atoms with Gasteiger partial charge in [-0.1, -0.05) is 13.8 Å². The van der Waals surface area contributed by atoms with Gasteiger partial charge in [-0.25, -0.2) is 21.6 Å². The lowest BCUT2D eigenvalue weighted by atomic mass is 10.2. The maximum atomic E-state index is 11.8. The van der Waals surface area contributed by atoms with Crippen molar-refractivity contribution in [2.75, 3.05) is 23.8 Å². The first kappa shape index (κ1) is 16.9. The van der Waals surface area contributed by atoms with Crippen LogP contribution in [0, 0.1) is 0 Å². The second-order valence-corrected chi connectivity index (χ2v) is 9.50. The van der Waals surface area contributed by atoms with E-state index in [1.165, 1.54) is 0 Å². The van der Waals surface area contributed by atoms with Crippen molar-refractivity contribution in [1.29, 1.82) is 0 Å². The van der Waals surface area contributed by atoms with Crippen molar-refractivity contribution in [3.63, 3.8) is 0 Å². The molecule has 1 fully saturated rings. The van der Waals surface area contributed by atoms with E-state index in [-0.39, 0.29) is 23.3 Å². The Balaban J connectivity index is 2.31. The van der Waals surface area contributed by atoms with Crippen molar-refractivity contribution >= 4 is 19.9 Å². The molecule has 8 heteroatoms. The molecule has 0 aromatic carbocycles. The fourth-order valence-electron chi connectivity index (χ4n) is 1.97. The van der Waals surface area contributed by atoms with Gasteiger partial charge in [0.1, 0.15) is 9.84 Å². The van der Waals surface area contributed by atoms with Crippen LogP contribution in [0.1, 0.15) is 33.1 Å². The van der Waals surface area contributed by atoms with Gasteiger partial charge in [-0.05, 0) is 25.8 Å². The predicted molar refractivity (Wildman–Crippen MR) is 76.4 cm³/mol. The van der Waals surface area contributed by atoms with Gasteiger partial charge in [0.2, 0.25) is 10.0 Å². The van der Waals surface area contributed by atoms with Gasteiger partial charge < -0.3 is 5.32 Å².